The molecule has 0 spiro atoms. The first kappa shape index (κ1) is 101. The Hall–Kier alpha value is -8.29. The Bertz CT molecular complexity index is 3180. The molecule has 3 heterocycles. The van der Waals surface area contributed by atoms with Crippen LogP contribution in [0.3, 0.4) is 0 Å². The molecule has 0 aromatic heterocycles. The van der Waals surface area contributed by atoms with Gasteiger partial charge in [0.05, 0.1) is 84.0 Å². The Balaban J connectivity index is 1.37. The van der Waals surface area contributed by atoms with Crippen LogP contribution in [0, 0.1) is 0 Å². The maximum Gasteiger partial charge on any atom is 0.239 e. The third kappa shape index (κ3) is 39.9. The minimum atomic E-state index is -1.49. The summed E-state index contributed by atoms with van der Waals surface area (Å²) in [4.78, 5) is 181. The lowest BCUT2D eigenvalue weighted by atomic mass is 9.97. The van der Waals surface area contributed by atoms with Crippen molar-refractivity contribution in [3.05, 3.63) is 35.9 Å². The van der Waals surface area contributed by atoms with Gasteiger partial charge in [-0.25, -0.2) is 0 Å². The number of hydrogen-bond acceptors (Lipinski definition) is 31. The third-order valence-corrected chi connectivity index (χ3v) is 19.3. The summed E-state index contributed by atoms with van der Waals surface area (Å²) in [6.07, 6.45) is -9.40. The van der Waals surface area contributed by atoms with Gasteiger partial charge >= 0.3 is 0 Å². The normalized spacial score (nSPS) is 23.1. The molecule has 662 valence electrons. The molecule has 3 aliphatic heterocycles. The average molecular weight is 1690 g/mol. The molecule has 3 saturated heterocycles. The number of aliphatic hydroxyl groups excluding tert-OH is 9. The van der Waals surface area contributed by atoms with Crippen LogP contribution in [0.5, 0.6) is 0 Å². The highest BCUT2D eigenvalue weighted by molar-refractivity contribution is 8.14. The highest BCUT2D eigenvalue weighted by Gasteiger charge is 2.48. The Morgan fingerprint density at radius 1 is 0.376 bits per heavy atom. The first-order chi connectivity index (χ1) is 56.0. The number of hydrogen-bond donors (Lipinski definition) is 22. The summed E-state index contributed by atoms with van der Waals surface area (Å²) in [6, 6.07) is 3.52. The molecule has 1 aromatic carbocycles. The zero-order valence-electron chi connectivity index (χ0n) is 66.2. The molecular weight excluding hydrogens is 1570 g/mol. The van der Waals surface area contributed by atoms with Gasteiger partial charge in [-0.2, -0.15) is 0 Å². The summed E-state index contributed by atoms with van der Waals surface area (Å²) in [5.41, 5.74) is 0.393. The quantitative estimate of drug-likeness (QED) is 0.0269. The number of nitrogens with zero attached hydrogens (tertiary/aromatic N) is 1. The SMILES string of the molecule is CC(=O)N[C@H]1[C@H](OCCCCCCNC(=O)CNC(=O)CN(CC(=O)NCC(=O)NCCCCCCO[C@@H]2O[C@H](CO)[C@H](O)[C@H](O)[C@H]2NC(C)=O)C(CCCCNC(=O)CNC(=O)CNC(=O)CNC(=O)CSC(=O)c2ccccc2)C(=O)NCC(=O)NCCCCCCO[C@@H]2O[C@H](CO)[C@H](O)[C@H](O)[C@H]2NC(C)=O)O[C@H](CO)[C@H](O)[C@@H]1O. The Morgan fingerprint density at radius 2 is 0.675 bits per heavy atom. The summed E-state index contributed by atoms with van der Waals surface area (Å²) in [6.45, 7) is -2.10. The summed E-state index contributed by atoms with van der Waals surface area (Å²) < 4.78 is 34.0. The van der Waals surface area contributed by atoms with E-state index < -0.39 is 247 Å². The van der Waals surface area contributed by atoms with E-state index in [0.717, 1.165) is 11.8 Å². The molecule has 22 N–H and O–H groups in total. The van der Waals surface area contributed by atoms with E-state index in [1.807, 2.05) is 0 Å². The van der Waals surface area contributed by atoms with E-state index in [0.29, 0.717) is 82.6 Å². The molecule has 0 saturated carbocycles. The van der Waals surface area contributed by atoms with Crippen LogP contribution >= 0.6 is 11.8 Å². The Labute approximate surface area is 681 Å². The van der Waals surface area contributed by atoms with Gasteiger partial charge in [0.25, 0.3) is 0 Å². The number of aliphatic hydroxyl groups is 9. The Morgan fingerprint density at radius 3 is 1.01 bits per heavy atom. The molecule has 3 fully saturated rings. The summed E-state index contributed by atoms with van der Waals surface area (Å²) in [7, 11) is 0. The number of benzene rings is 1. The van der Waals surface area contributed by atoms with Crippen molar-refractivity contribution in [3.63, 3.8) is 0 Å². The number of ether oxygens (including phenoxy) is 6. The maximum atomic E-state index is 14.4. The predicted molar refractivity (Wildman–Crippen MR) is 412 cm³/mol. The van der Waals surface area contributed by atoms with Crippen LogP contribution in [-0.2, 0) is 90.8 Å². The second-order valence-electron chi connectivity index (χ2n) is 28.0. The smallest absolute Gasteiger partial charge is 0.239 e. The van der Waals surface area contributed by atoms with E-state index in [-0.39, 0.29) is 76.1 Å². The fourth-order valence-corrected chi connectivity index (χ4v) is 12.9. The lowest BCUT2D eigenvalue weighted by Crippen LogP contribution is -2.64. The second-order valence-corrected chi connectivity index (χ2v) is 29.0. The molecule has 1 aromatic rings. The van der Waals surface area contributed by atoms with Crippen LogP contribution < -0.4 is 69.1 Å². The molecule has 44 heteroatoms. The Kier molecular flexibility index (Phi) is 49.2. The van der Waals surface area contributed by atoms with Gasteiger partial charge in [0.2, 0.25) is 81.9 Å². The highest BCUT2D eigenvalue weighted by atomic mass is 32.2. The topological polar surface area (TPSA) is 636 Å². The van der Waals surface area contributed by atoms with Crippen LogP contribution in [0.2, 0.25) is 0 Å². The van der Waals surface area contributed by atoms with E-state index in [1.165, 1.54) is 25.7 Å². The van der Waals surface area contributed by atoms with Gasteiger partial charge in [-0.1, -0.05) is 80.6 Å². The minimum absolute atomic E-state index is 0.0314. The zero-order chi connectivity index (χ0) is 86.2. The first-order valence-corrected chi connectivity index (χ1v) is 40.1. The lowest BCUT2D eigenvalue weighted by molar-refractivity contribution is -0.270. The van der Waals surface area contributed by atoms with Crippen LogP contribution in [0.15, 0.2) is 30.3 Å². The monoisotopic (exact) mass is 1690 g/mol. The molecule has 0 bridgehead atoms. The van der Waals surface area contributed by atoms with Crippen LogP contribution in [0.1, 0.15) is 127 Å². The van der Waals surface area contributed by atoms with Gasteiger partial charge < -0.3 is 143 Å². The van der Waals surface area contributed by atoms with Crippen molar-refractivity contribution in [3.8, 4) is 0 Å². The van der Waals surface area contributed by atoms with E-state index in [9.17, 15) is 113 Å². The van der Waals surface area contributed by atoms with Crippen molar-refractivity contribution in [2.24, 2.45) is 0 Å². The second kappa shape index (κ2) is 57.0. The molecule has 43 nitrogen and oxygen atoms in total. The standard InChI is InChI=1S/C73H120N14O29S/c1-43(91)84-60-66(106)63(103)48(39-88)114-71(60)111-28-18-7-4-14-24-74-52(95)32-80-57(100)37-87(38-58(101)81-33-53(96)75-25-15-5-8-19-29-112-72-61(85-44(2)92)67(107)64(104)49(40-89)115-72)47(69(109)83-36-54(97)76-26-16-6-9-20-30-113-73-62(86-45(3)93)68(108)65(105)50(41-90)116-73)23-13-17-27-77-51(94)31-78-55(98)34-79-56(99)35-82-59(102)42-117-70(110)46-21-11-10-12-22-46/h10-12,21-22,47-50,60-68,71-73,88-90,103-108H,4-9,13-20,23-42H2,1-3H3,(H,74,95)(H,75,96)(H,76,97)(H,77,94)(H,78,98)(H,79,99)(H,80,100)(H,81,101)(H,82,102)(H,83,109)(H,84,91)(H,85,92)(H,86,93)/t47?,48-,49-,50-,60-,61-,62-,63+,64+,65+,66-,67-,68-,71-,72-,73-/m1/s1. The van der Waals surface area contributed by atoms with E-state index in [2.05, 4.69) is 69.1 Å². The molecular formula is C73H120N14O29S. The predicted octanol–water partition coefficient (Wildman–Crippen LogP) is -8.87. The van der Waals surface area contributed by atoms with E-state index >= 15 is 0 Å². The number of carbonyl (C=O) groups excluding carboxylic acids is 14. The number of nitrogens with one attached hydrogen (secondary N) is 13. The van der Waals surface area contributed by atoms with Gasteiger partial charge in [0.1, 0.15) is 73.1 Å². The number of rotatable bonds is 56. The molecule has 13 amide bonds. The number of thioether (sulfide) groups is 1. The van der Waals surface area contributed by atoms with Gasteiger partial charge in [-0.05, 0) is 57.8 Å². The van der Waals surface area contributed by atoms with Gasteiger partial charge in [-0.15, -0.1) is 0 Å². The van der Waals surface area contributed by atoms with Gasteiger partial charge in [0.15, 0.2) is 18.9 Å². The third-order valence-electron chi connectivity index (χ3n) is 18.4. The molecule has 1 unspecified atom stereocenters. The lowest BCUT2D eigenvalue weighted by Gasteiger charge is -2.42. The van der Waals surface area contributed by atoms with Crippen molar-refractivity contribution in [2.75, 3.05) is 124 Å². The first-order valence-electron chi connectivity index (χ1n) is 39.1. The van der Waals surface area contributed by atoms with Gasteiger partial charge in [-0.3, -0.25) is 72.0 Å². The largest absolute Gasteiger partial charge is 0.394 e. The molecule has 117 heavy (non-hydrogen) atoms. The van der Waals surface area contributed by atoms with Gasteiger partial charge in [0, 0.05) is 72.3 Å². The van der Waals surface area contributed by atoms with Crippen molar-refractivity contribution in [1.82, 2.24) is 74.0 Å². The summed E-state index contributed by atoms with van der Waals surface area (Å²) in [5.74, 6) is -8.88. The molecule has 16 atom stereocenters. The van der Waals surface area contributed by atoms with Crippen molar-refractivity contribution >= 4 is 93.7 Å². The summed E-state index contributed by atoms with van der Waals surface area (Å²) >= 11 is 0.742. The zero-order valence-corrected chi connectivity index (χ0v) is 67.0. The number of amides is 13. The average Bonchev–Trinajstić information content (AvgIpc) is 0.817. The van der Waals surface area contributed by atoms with Crippen LogP contribution in [-0.4, -0.2) is 355 Å². The van der Waals surface area contributed by atoms with Crippen LogP contribution in [0.25, 0.3) is 0 Å². The number of carbonyl (C=O) groups is 14. The van der Waals surface area contributed by atoms with Crippen molar-refractivity contribution in [2.45, 2.75) is 215 Å². The molecule has 4 rings (SSSR count). The van der Waals surface area contributed by atoms with E-state index in [4.69, 9.17) is 28.4 Å². The number of unbranched alkanes of at least 4 members (excludes halogenated alkanes) is 10. The van der Waals surface area contributed by atoms with Crippen molar-refractivity contribution < 1.29 is 142 Å². The van der Waals surface area contributed by atoms with Crippen molar-refractivity contribution in [1.29, 1.82) is 0 Å². The highest BCUT2D eigenvalue weighted by Crippen LogP contribution is 2.26. The molecule has 0 aliphatic carbocycles. The summed E-state index contributed by atoms with van der Waals surface area (Å²) in [5, 5.41) is 124. The maximum absolute atomic E-state index is 14.4. The molecule has 3 aliphatic rings. The molecule has 0 radical (unpaired) electrons. The fourth-order valence-electron chi connectivity index (χ4n) is 12.2. The fraction of sp³-hybridized carbons (Fsp3) is 0.726. The van der Waals surface area contributed by atoms with Crippen LogP contribution in [0.4, 0.5) is 0 Å². The minimum Gasteiger partial charge on any atom is -0.394 e. The van der Waals surface area contributed by atoms with E-state index in [1.54, 1.807) is 30.3 Å².